The summed E-state index contributed by atoms with van der Waals surface area (Å²) in [6, 6.07) is 9.05. The van der Waals surface area contributed by atoms with E-state index in [1.54, 1.807) is 27.7 Å². The highest BCUT2D eigenvalue weighted by atomic mass is 16.6. The van der Waals surface area contributed by atoms with Crippen LogP contribution in [-0.2, 0) is 20.9 Å². The largest absolute Gasteiger partial charge is 0.460 e. The van der Waals surface area contributed by atoms with Crippen LogP contribution in [0, 0.1) is 0 Å². The Kier molecular flexibility index (Phi) is 7.54. The van der Waals surface area contributed by atoms with Gasteiger partial charge in [0.2, 0.25) is 0 Å². The standard InChI is InChI=1S/C17H26N2O4/c1-13(15(20)22-12-14-8-6-5-7-9-14)18-10-11-19-16(21)23-17(2,3)4/h5-9,13,18H,10-12H2,1-4H3,(H,19,21)/t13-/m0/s1. The Labute approximate surface area is 137 Å². The van der Waals surface area contributed by atoms with Gasteiger partial charge in [-0.1, -0.05) is 30.3 Å². The van der Waals surface area contributed by atoms with Crippen LogP contribution in [0.3, 0.4) is 0 Å². The van der Waals surface area contributed by atoms with Crippen molar-refractivity contribution < 1.29 is 19.1 Å². The zero-order chi connectivity index (χ0) is 17.3. The molecule has 1 aromatic carbocycles. The topological polar surface area (TPSA) is 76.7 Å². The fourth-order valence-electron chi connectivity index (χ4n) is 1.70. The molecule has 0 aliphatic carbocycles. The lowest BCUT2D eigenvalue weighted by molar-refractivity contribution is -0.147. The molecule has 0 fully saturated rings. The molecule has 6 nitrogen and oxygen atoms in total. The normalized spacial score (nSPS) is 12.3. The van der Waals surface area contributed by atoms with Crippen LogP contribution in [0.4, 0.5) is 4.79 Å². The summed E-state index contributed by atoms with van der Waals surface area (Å²) >= 11 is 0. The van der Waals surface area contributed by atoms with Crippen LogP contribution < -0.4 is 10.6 Å². The van der Waals surface area contributed by atoms with E-state index in [0.29, 0.717) is 13.1 Å². The number of rotatable bonds is 7. The maximum Gasteiger partial charge on any atom is 0.407 e. The first kappa shape index (κ1) is 19.0. The van der Waals surface area contributed by atoms with Gasteiger partial charge in [0.15, 0.2) is 0 Å². The Morgan fingerprint density at radius 1 is 1.13 bits per heavy atom. The molecule has 1 rings (SSSR count). The van der Waals surface area contributed by atoms with E-state index in [2.05, 4.69) is 10.6 Å². The number of hydrogen-bond donors (Lipinski definition) is 2. The van der Waals surface area contributed by atoms with E-state index < -0.39 is 17.7 Å². The summed E-state index contributed by atoms with van der Waals surface area (Å²) in [7, 11) is 0. The molecule has 6 heteroatoms. The van der Waals surface area contributed by atoms with Gasteiger partial charge in [-0.05, 0) is 33.3 Å². The molecule has 0 radical (unpaired) electrons. The van der Waals surface area contributed by atoms with Crippen molar-refractivity contribution in [3.05, 3.63) is 35.9 Å². The van der Waals surface area contributed by atoms with E-state index >= 15 is 0 Å². The fourth-order valence-corrected chi connectivity index (χ4v) is 1.70. The number of hydrogen-bond acceptors (Lipinski definition) is 5. The van der Waals surface area contributed by atoms with Gasteiger partial charge in [0, 0.05) is 13.1 Å². The van der Waals surface area contributed by atoms with Crippen molar-refractivity contribution in [2.45, 2.75) is 45.9 Å². The summed E-state index contributed by atoms with van der Waals surface area (Å²) in [5, 5.41) is 5.61. The second kappa shape index (κ2) is 9.15. The van der Waals surface area contributed by atoms with Gasteiger partial charge < -0.3 is 20.1 Å². The van der Waals surface area contributed by atoms with Crippen molar-refractivity contribution in [2.75, 3.05) is 13.1 Å². The molecule has 128 valence electrons. The smallest absolute Gasteiger partial charge is 0.407 e. The highest BCUT2D eigenvalue weighted by Gasteiger charge is 2.16. The van der Waals surface area contributed by atoms with E-state index in [4.69, 9.17) is 9.47 Å². The van der Waals surface area contributed by atoms with Crippen LogP contribution in [0.2, 0.25) is 0 Å². The number of esters is 1. The zero-order valence-corrected chi connectivity index (χ0v) is 14.2. The molecule has 2 N–H and O–H groups in total. The van der Waals surface area contributed by atoms with Crippen molar-refractivity contribution in [1.29, 1.82) is 0 Å². The first-order chi connectivity index (χ1) is 10.8. The molecule has 0 saturated heterocycles. The Morgan fingerprint density at radius 2 is 1.78 bits per heavy atom. The van der Waals surface area contributed by atoms with Crippen LogP contribution in [0.5, 0.6) is 0 Å². The van der Waals surface area contributed by atoms with Gasteiger partial charge in [-0.3, -0.25) is 4.79 Å². The SMILES string of the molecule is C[C@H](NCCNC(=O)OC(C)(C)C)C(=O)OCc1ccccc1. The predicted octanol–water partition coefficient (Wildman–Crippen LogP) is 2.23. The van der Waals surface area contributed by atoms with Gasteiger partial charge in [-0.15, -0.1) is 0 Å². The molecular weight excluding hydrogens is 296 g/mol. The number of nitrogens with one attached hydrogen (secondary N) is 2. The molecule has 1 atom stereocenters. The first-order valence-corrected chi connectivity index (χ1v) is 7.69. The molecule has 0 heterocycles. The maximum absolute atomic E-state index is 11.8. The Morgan fingerprint density at radius 3 is 2.39 bits per heavy atom. The Hall–Kier alpha value is -2.08. The van der Waals surface area contributed by atoms with Crippen molar-refractivity contribution in [2.24, 2.45) is 0 Å². The third-order valence-electron chi connectivity index (χ3n) is 2.82. The van der Waals surface area contributed by atoms with E-state index in [1.165, 1.54) is 0 Å². The van der Waals surface area contributed by atoms with Gasteiger partial charge in [0.25, 0.3) is 0 Å². The van der Waals surface area contributed by atoms with E-state index in [9.17, 15) is 9.59 Å². The second-order valence-electron chi connectivity index (χ2n) is 6.20. The number of benzene rings is 1. The lowest BCUT2D eigenvalue weighted by Crippen LogP contribution is -2.41. The third-order valence-corrected chi connectivity index (χ3v) is 2.82. The molecule has 0 bridgehead atoms. The summed E-state index contributed by atoms with van der Waals surface area (Å²) in [6.45, 7) is 8.19. The monoisotopic (exact) mass is 322 g/mol. The van der Waals surface area contributed by atoms with Crippen LogP contribution in [0.15, 0.2) is 30.3 Å². The van der Waals surface area contributed by atoms with Crippen molar-refractivity contribution >= 4 is 12.1 Å². The van der Waals surface area contributed by atoms with Crippen LogP contribution >= 0.6 is 0 Å². The van der Waals surface area contributed by atoms with Gasteiger partial charge >= 0.3 is 12.1 Å². The minimum Gasteiger partial charge on any atom is -0.460 e. The van der Waals surface area contributed by atoms with Gasteiger partial charge in [0.05, 0.1) is 0 Å². The Balaban J connectivity index is 2.17. The molecule has 0 spiro atoms. The minimum atomic E-state index is -0.522. The number of carbonyl (C=O) groups is 2. The van der Waals surface area contributed by atoms with Crippen molar-refractivity contribution in [3.63, 3.8) is 0 Å². The van der Waals surface area contributed by atoms with Crippen LogP contribution in [-0.4, -0.2) is 36.8 Å². The van der Waals surface area contributed by atoms with Gasteiger partial charge in [0.1, 0.15) is 18.2 Å². The average Bonchev–Trinajstić information content (AvgIpc) is 2.48. The molecular formula is C17H26N2O4. The van der Waals surface area contributed by atoms with Gasteiger partial charge in [-0.25, -0.2) is 4.79 Å². The van der Waals surface area contributed by atoms with Crippen molar-refractivity contribution in [3.8, 4) is 0 Å². The fraction of sp³-hybridized carbons (Fsp3) is 0.529. The molecule has 0 unspecified atom stereocenters. The summed E-state index contributed by atoms with van der Waals surface area (Å²) in [4.78, 5) is 23.3. The third kappa shape index (κ3) is 8.83. The summed E-state index contributed by atoms with van der Waals surface area (Å²) in [6.07, 6.45) is -0.474. The van der Waals surface area contributed by atoms with Gasteiger partial charge in [-0.2, -0.15) is 0 Å². The Bertz CT molecular complexity index is 497. The predicted molar refractivity (Wildman–Crippen MR) is 87.9 cm³/mol. The molecule has 1 aromatic rings. The first-order valence-electron chi connectivity index (χ1n) is 7.69. The number of amides is 1. The van der Waals surface area contributed by atoms with E-state index in [-0.39, 0.29) is 12.6 Å². The zero-order valence-electron chi connectivity index (χ0n) is 14.2. The summed E-state index contributed by atoms with van der Waals surface area (Å²) in [5.41, 5.74) is 0.422. The number of alkyl carbamates (subject to hydrolysis) is 1. The number of carbonyl (C=O) groups excluding carboxylic acids is 2. The van der Waals surface area contributed by atoms with E-state index in [1.807, 2.05) is 30.3 Å². The second-order valence-corrected chi connectivity index (χ2v) is 6.20. The minimum absolute atomic E-state index is 0.252. The lowest BCUT2D eigenvalue weighted by Gasteiger charge is -2.20. The lowest BCUT2D eigenvalue weighted by atomic mass is 10.2. The van der Waals surface area contributed by atoms with Crippen LogP contribution in [0.1, 0.15) is 33.3 Å². The van der Waals surface area contributed by atoms with Crippen LogP contribution in [0.25, 0.3) is 0 Å². The average molecular weight is 322 g/mol. The summed E-state index contributed by atoms with van der Waals surface area (Å²) < 4.78 is 10.3. The number of ether oxygens (including phenoxy) is 2. The highest BCUT2D eigenvalue weighted by Crippen LogP contribution is 2.06. The summed E-state index contributed by atoms with van der Waals surface area (Å²) in [5.74, 6) is -0.328. The molecule has 0 saturated carbocycles. The molecule has 0 aromatic heterocycles. The highest BCUT2D eigenvalue weighted by molar-refractivity contribution is 5.75. The molecule has 1 amide bonds. The van der Waals surface area contributed by atoms with Crippen molar-refractivity contribution in [1.82, 2.24) is 10.6 Å². The van der Waals surface area contributed by atoms with E-state index in [0.717, 1.165) is 5.56 Å². The molecule has 23 heavy (non-hydrogen) atoms. The molecule has 0 aliphatic heterocycles. The molecule has 0 aliphatic rings. The maximum atomic E-state index is 11.8. The quantitative estimate of drug-likeness (QED) is 0.595.